The van der Waals surface area contributed by atoms with Crippen molar-refractivity contribution in [3.8, 4) is 5.75 Å². The van der Waals surface area contributed by atoms with E-state index in [2.05, 4.69) is 15.7 Å². The summed E-state index contributed by atoms with van der Waals surface area (Å²) in [5.41, 5.74) is 0.860. The predicted octanol–water partition coefficient (Wildman–Crippen LogP) is 2.81. The molecule has 2 N–H and O–H groups in total. The topological polar surface area (TPSA) is 85.3 Å². The van der Waals surface area contributed by atoms with Crippen LogP contribution < -0.4 is 15.4 Å². The van der Waals surface area contributed by atoms with Gasteiger partial charge in [0, 0.05) is 30.8 Å². The van der Waals surface area contributed by atoms with Gasteiger partial charge in [0.1, 0.15) is 11.6 Å². The normalized spacial score (nSPS) is 14.3. The van der Waals surface area contributed by atoms with Crippen LogP contribution in [0.15, 0.2) is 30.3 Å². The summed E-state index contributed by atoms with van der Waals surface area (Å²) in [5, 5.41) is 9.83. The van der Waals surface area contributed by atoms with Crippen LogP contribution in [0.5, 0.6) is 5.75 Å². The van der Waals surface area contributed by atoms with Crippen molar-refractivity contribution in [2.45, 2.75) is 25.7 Å². The molecule has 2 amide bonds. The Balaban J connectivity index is 1.68. The zero-order valence-corrected chi connectivity index (χ0v) is 14.4. The molecular weight excluding hydrogens is 320 g/mol. The van der Waals surface area contributed by atoms with E-state index >= 15 is 0 Å². The Bertz CT molecular complexity index is 778. The maximum Gasteiger partial charge on any atom is 0.276 e. The van der Waals surface area contributed by atoms with E-state index in [0.717, 1.165) is 25.7 Å². The van der Waals surface area contributed by atoms with Crippen LogP contribution in [0.1, 0.15) is 36.2 Å². The number of hydrogen-bond donors (Lipinski definition) is 2. The molecule has 0 spiro atoms. The van der Waals surface area contributed by atoms with Gasteiger partial charge in [-0.15, -0.1) is 0 Å². The number of amides is 2. The lowest BCUT2D eigenvalue weighted by Gasteiger charge is -2.09. The fraction of sp³-hybridized carbons (Fsp3) is 0.389. The maximum absolute atomic E-state index is 12.4. The number of ether oxygens (including phenoxy) is 1. The molecule has 0 unspecified atom stereocenters. The highest BCUT2D eigenvalue weighted by Gasteiger charge is 2.24. The molecular formula is C18H22N4O3. The summed E-state index contributed by atoms with van der Waals surface area (Å²) in [5.74, 6) is 0.894. The molecule has 1 aromatic heterocycles. The largest absolute Gasteiger partial charge is 0.497 e. The molecule has 25 heavy (non-hydrogen) atoms. The summed E-state index contributed by atoms with van der Waals surface area (Å²) >= 11 is 0. The van der Waals surface area contributed by atoms with E-state index in [1.54, 1.807) is 44.5 Å². The molecule has 1 fully saturated rings. The van der Waals surface area contributed by atoms with Gasteiger partial charge < -0.3 is 15.4 Å². The molecule has 2 aromatic rings. The first-order chi connectivity index (χ1) is 12.1. The van der Waals surface area contributed by atoms with E-state index in [9.17, 15) is 9.59 Å². The Labute approximate surface area is 146 Å². The molecule has 0 saturated heterocycles. The number of methoxy groups -OCH3 is 1. The SMILES string of the molecule is COc1cccc(NC(=O)c2cc(NC(=O)C3CCCC3)n(C)n2)c1. The van der Waals surface area contributed by atoms with Crippen LogP contribution >= 0.6 is 0 Å². The molecule has 1 aromatic carbocycles. The first-order valence-electron chi connectivity index (χ1n) is 8.37. The summed E-state index contributed by atoms with van der Waals surface area (Å²) in [7, 11) is 3.27. The Morgan fingerprint density at radius 1 is 1.20 bits per heavy atom. The minimum atomic E-state index is -0.342. The number of hydrogen-bond acceptors (Lipinski definition) is 4. The third-order valence-electron chi connectivity index (χ3n) is 4.42. The monoisotopic (exact) mass is 342 g/mol. The zero-order chi connectivity index (χ0) is 17.8. The van der Waals surface area contributed by atoms with E-state index < -0.39 is 0 Å². The van der Waals surface area contributed by atoms with Gasteiger partial charge in [-0.2, -0.15) is 5.10 Å². The second-order valence-electron chi connectivity index (χ2n) is 6.20. The molecule has 7 nitrogen and oxygen atoms in total. The highest BCUT2D eigenvalue weighted by molar-refractivity contribution is 6.04. The van der Waals surface area contributed by atoms with Gasteiger partial charge in [-0.05, 0) is 25.0 Å². The molecule has 132 valence electrons. The van der Waals surface area contributed by atoms with Crippen LogP contribution in [0.25, 0.3) is 0 Å². The third kappa shape index (κ3) is 3.99. The van der Waals surface area contributed by atoms with Gasteiger partial charge in [0.15, 0.2) is 5.69 Å². The van der Waals surface area contributed by atoms with Gasteiger partial charge in [0.2, 0.25) is 5.91 Å². The number of anilines is 2. The van der Waals surface area contributed by atoms with Crippen molar-refractivity contribution < 1.29 is 14.3 Å². The Kier molecular flexibility index (Phi) is 5.02. The van der Waals surface area contributed by atoms with Gasteiger partial charge >= 0.3 is 0 Å². The van der Waals surface area contributed by atoms with E-state index in [0.29, 0.717) is 17.3 Å². The van der Waals surface area contributed by atoms with Crippen molar-refractivity contribution in [2.24, 2.45) is 13.0 Å². The van der Waals surface area contributed by atoms with Gasteiger partial charge in [-0.1, -0.05) is 18.9 Å². The van der Waals surface area contributed by atoms with Crippen LogP contribution in [0.4, 0.5) is 11.5 Å². The van der Waals surface area contributed by atoms with Crippen LogP contribution in [0, 0.1) is 5.92 Å². The number of nitrogens with zero attached hydrogens (tertiary/aromatic N) is 2. The standard InChI is InChI=1S/C18H22N4O3/c1-22-16(20-17(23)12-6-3-4-7-12)11-15(21-22)18(24)19-13-8-5-9-14(10-13)25-2/h5,8-12H,3-4,6-7H2,1-2H3,(H,19,24)(H,20,23). The fourth-order valence-electron chi connectivity index (χ4n) is 3.01. The molecule has 1 heterocycles. The fourth-order valence-corrected chi connectivity index (χ4v) is 3.01. The van der Waals surface area contributed by atoms with Crippen molar-refractivity contribution in [1.29, 1.82) is 0 Å². The zero-order valence-electron chi connectivity index (χ0n) is 14.4. The van der Waals surface area contributed by atoms with Crippen molar-refractivity contribution in [3.05, 3.63) is 36.0 Å². The molecule has 0 atom stereocenters. The minimum Gasteiger partial charge on any atom is -0.497 e. The van der Waals surface area contributed by atoms with Gasteiger partial charge in [0.05, 0.1) is 7.11 Å². The van der Waals surface area contributed by atoms with E-state index in [1.807, 2.05) is 0 Å². The molecule has 3 rings (SSSR count). The van der Waals surface area contributed by atoms with Gasteiger partial charge in [-0.25, -0.2) is 0 Å². The second kappa shape index (κ2) is 7.38. The number of rotatable bonds is 5. The lowest BCUT2D eigenvalue weighted by Crippen LogP contribution is -2.21. The highest BCUT2D eigenvalue weighted by Crippen LogP contribution is 2.26. The molecule has 0 aliphatic heterocycles. The Hall–Kier alpha value is -2.83. The average molecular weight is 342 g/mol. The smallest absolute Gasteiger partial charge is 0.276 e. The predicted molar refractivity (Wildman–Crippen MR) is 94.7 cm³/mol. The van der Waals surface area contributed by atoms with Crippen LogP contribution in [-0.4, -0.2) is 28.7 Å². The van der Waals surface area contributed by atoms with Crippen molar-refractivity contribution >= 4 is 23.3 Å². The van der Waals surface area contributed by atoms with Crippen molar-refractivity contribution in [1.82, 2.24) is 9.78 Å². The van der Waals surface area contributed by atoms with E-state index in [-0.39, 0.29) is 23.4 Å². The number of carbonyl (C=O) groups is 2. The molecule has 7 heteroatoms. The molecule has 0 radical (unpaired) electrons. The molecule has 1 aliphatic carbocycles. The van der Waals surface area contributed by atoms with E-state index in [4.69, 9.17) is 4.74 Å². The first-order valence-corrected chi connectivity index (χ1v) is 8.37. The minimum absolute atomic E-state index is 0.000235. The number of benzene rings is 1. The Morgan fingerprint density at radius 3 is 2.68 bits per heavy atom. The third-order valence-corrected chi connectivity index (χ3v) is 4.42. The molecule has 0 bridgehead atoms. The number of aromatic nitrogens is 2. The Morgan fingerprint density at radius 2 is 1.96 bits per heavy atom. The van der Waals surface area contributed by atoms with Crippen LogP contribution in [0.2, 0.25) is 0 Å². The summed E-state index contributed by atoms with van der Waals surface area (Å²) in [4.78, 5) is 24.6. The molecule has 1 saturated carbocycles. The lowest BCUT2D eigenvalue weighted by atomic mass is 10.1. The molecule has 1 aliphatic rings. The van der Waals surface area contributed by atoms with Crippen LogP contribution in [-0.2, 0) is 11.8 Å². The second-order valence-corrected chi connectivity index (χ2v) is 6.20. The van der Waals surface area contributed by atoms with Crippen molar-refractivity contribution in [2.75, 3.05) is 17.7 Å². The highest BCUT2D eigenvalue weighted by atomic mass is 16.5. The summed E-state index contributed by atoms with van der Waals surface area (Å²) < 4.78 is 6.65. The maximum atomic E-state index is 12.4. The first kappa shape index (κ1) is 17.0. The van der Waals surface area contributed by atoms with Crippen molar-refractivity contribution in [3.63, 3.8) is 0 Å². The van der Waals surface area contributed by atoms with Gasteiger partial charge in [-0.3, -0.25) is 14.3 Å². The van der Waals surface area contributed by atoms with Gasteiger partial charge in [0.25, 0.3) is 5.91 Å². The summed E-state index contributed by atoms with van der Waals surface area (Å²) in [6.07, 6.45) is 4.04. The number of carbonyl (C=O) groups excluding carboxylic acids is 2. The number of nitrogens with one attached hydrogen (secondary N) is 2. The van der Waals surface area contributed by atoms with E-state index in [1.165, 1.54) is 4.68 Å². The summed E-state index contributed by atoms with van der Waals surface area (Å²) in [6, 6.07) is 8.67. The summed E-state index contributed by atoms with van der Waals surface area (Å²) in [6.45, 7) is 0. The quantitative estimate of drug-likeness (QED) is 0.875. The number of aryl methyl sites for hydroxylation is 1. The average Bonchev–Trinajstić information content (AvgIpc) is 3.26. The lowest BCUT2D eigenvalue weighted by molar-refractivity contribution is -0.119. The van der Waals surface area contributed by atoms with Crippen LogP contribution in [0.3, 0.4) is 0 Å².